The number of carbonyl (C=O) groups is 1. The SMILES string of the molecule is COc1ccc(C)cc1-n1ccc(C(=O)N2C[C@@H](CN)[C@H](c3ccccc3)C2)n1. The number of carbonyl (C=O) groups excluding carboxylic acids is 1. The van der Waals surface area contributed by atoms with E-state index in [-0.39, 0.29) is 17.7 Å². The second-order valence-corrected chi connectivity index (χ2v) is 7.54. The van der Waals surface area contributed by atoms with Crippen LogP contribution in [0.5, 0.6) is 5.75 Å². The van der Waals surface area contributed by atoms with E-state index in [0.29, 0.717) is 31.1 Å². The van der Waals surface area contributed by atoms with E-state index >= 15 is 0 Å². The number of nitrogens with two attached hydrogens (primary N) is 1. The van der Waals surface area contributed by atoms with Crippen LogP contribution < -0.4 is 10.5 Å². The van der Waals surface area contributed by atoms with Gasteiger partial charge in [-0.1, -0.05) is 36.4 Å². The smallest absolute Gasteiger partial charge is 0.274 e. The highest BCUT2D eigenvalue weighted by Gasteiger charge is 2.36. The maximum atomic E-state index is 13.1. The minimum absolute atomic E-state index is 0.0627. The maximum Gasteiger partial charge on any atom is 0.274 e. The minimum atomic E-state index is -0.0627. The molecule has 4 rings (SSSR count). The van der Waals surface area contributed by atoms with Crippen LogP contribution in [0.25, 0.3) is 5.69 Å². The van der Waals surface area contributed by atoms with Crippen LogP contribution in [0.1, 0.15) is 27.5 Å². The summed E-state index contributed by atoms with van der Waals surface area (Å²) < 4.78 is 7.14. The van der Waals surface area contributed by atoms with Gasteiger partial charge in [-0.05, 0) is 48.7 Å². The molecule has 2 aromatic carbocycles. The molecule has 1 aliphatic heterocycles. The number of benzene rings is 2. The second-order valence-electron chi connectivity index (χ2n) is 7.54. The molecule has 0 saturated carbocycles. The highest BCUT2D eigenvalue weighted by atomic mass is 16.5. The van der Waals surface area contributed by atoms with Crippen molar-refractivity contribution in [2.75, 3.05) is 26.7 Å². The maximum absolute atomic E-state index is 13.1. The molecular formula is C23H26N4O2. The van der Waals surface area contributed by atoms with Crippen LogP contribution in [0.3, 0.4) is 0 Å². The number of aryl methyl sites for hydroxylation is 1. The van der Waals surface area contributed by atoms with Crippen LogP contribution in [0.15, 0.2) is 60.8 Å². The lowest BCUT2D eigenvalue weighted by atomic mass is 9.89. The monoisotopic (exact) mass is 390 g/mol. The summed E-state index contributed by atoms with van der Waals surface area (Å²) in [7, 11) is 1.63. The molecule has 1 aliphatic rings. The van der Waals surface area contributed by atoms with E-state index in [9.17, 15) is 4.79 Å². The quantitative estimate of drug-likeness (QED) is 0.727. The Hall–Kier alpha value is -3.12. The van der Waals surface area contributed by atoms with E-state index in [1.165, 1.54) is 5.56 Å². The van der Waals surface area contributed by atoms with E-state index in [1.54, 1.807) is 24.1 Å². The molecule has 2 atom stereocenters. The summed E-state index contributed by atoms with van der Waals surface area (Å²) in [5, 5.41) is 4.54. The van der Waals surface area contributed by atoms with E-state index in [0.717, 1.165) is 11.3 Å². The molecule has 0 radical (unpaired) electrons. The van der Waals surface area contributed by atoms with Gasteiger partial charge < -0.3 is 15.4 Å². The molecule has 2 N–H and O–H groups in total. The number of nitrogens with zero attached hydrogens (tertiary/aromatic N) is 3. The van der Waals surface area contributed by atoms with Gasteiger partial charge in [0, 0.05) is 25.2 Å². The third-order valence-electron chi connectivity index (χ3n) is 5.65. The predicted octanol–water partition coefficient (Wildman–Crippen LogP) is 3.00. The number of hydrogen-bond acceptors (Lipinski definition) is 4. The first-order valence-electron chi connectivity index (χ1n) is 9.85. The van der Waals surface area contributed by atoms with Gasteiger partial charge >= 0.3 is 0 Å². The van der Waals surface area contributed by atoms with Gasteiger partial charge in [0.1, 0.15) is 11.4 Å². The molecule has 6 nitrogen and oxygen atoms in total. The highest BCUT2D eigenvalue weighted by Crippen LogP contribution is 2.33. The van der Waals surface area contributed by atoms with Gasteiger partial charge in [0.2, 0.25) is 0 Å². The molecule has 0 unspecified atom stereocenters. The molecule has 0 spiro atoms. The molecule has 3 aromatic rings. The molecular weight excluding hydrogens is 364 g/mol. The summed E-state index contributed by atoms with van der Waals surface area (Å²) in [5.74, 6) is 1.16. The highest BCUT2D eigenvalue weighted by molar-refractivity contribution is 5.92. The molecule has 0 aliphatic carbocycles. The Kier molecular flexibility index (Phi) is 5.36. The molecule has 1 saturated heterocycles. The van der Waals surface area contributed by atoms with E-state index in [4.69, 9.17) is 10.5 Å². The van der Waals surface area contributed by atoms with Crippen LogP contribution in [0, 0.1) is 12.8 Å². The van der Waals surface area contributed by atoms with Gasteiger partial charge in [-0.15, -0.1) is 0 Å². The number of ether oxygens (including phenoxy) is 1. The fourth-order valence-corrected chi connectivity index (χ4v) is 4.07. The lowest BCUT2D eigenvalue weighted by Crippen LogP contribution is -2.30. The first-order valence-corrected chi connectivity index (χ1v) is 9.85. The van der Waals surface area contributed by atoms with Gasteiger partial charge in [0.25, 0.3) is 5.91 Å². The zero-order valence-electron chi connectivity index (χ0n) is 16.8. The Morgan fingerprint density at radius 1 is 1.17 bits per heavy atom. The summed E-state index contributed by atoms with van der Waals surface area (Å²) >= 11 is 0. The van der Waals surface area contributed by atoms with Gasteiger partial charge in [-0.3, -0.25) is 4.79 Å². The lowest BCUT2D eigenvalue weighted by Gasteiger charge is -2.16. The molecule has 6 heteroatoms. The first kappa shape index (κ1) is 19.2. The van der Waals surface area contributed by atoms with Crippen molar-refractivity contribution < 1.29 is 9.53 Å². The van der Waals surface area contributed by atoms with Gasteiger partial charge in [0.15, 0.2) is 5.69 Å². The van der Waals surface area contributed by atoms with Crippen molar-refractivity contribution in [1.82, 2.24) is 14.7 Å². The zero-order valence-corrected chi connectivity index (χ0v) is 16.8. The molecule has 1 amide bonds. The number of hydrogen-bond donors (Lipinski definition) is 1. The standard InChI is InChI=1S/C23H26N4O2/c1-16-8-9-22(29-2)21(12-16)27-11-10-20(25-27)23(28)26-14-18(13-24)19(15-26)17-6-4-3-5-7-17/h3-12,18-19H,13-15,24H2,1-2H3/t18-,19+/m1/s1. The van der Waals surface area contributed by atoms with Crippen molar-refractivity contribution in [3.05, 3.63) is 77.6 Å². The van der Waals surface area contributed by atoms with Crippen molar-refractivity contribution in [1.29, 1.82) is 0 Å². The molecule has 0 bridgehead atoms. The number of likely N-dealkylation sites (tertiary alicyclic amines) is 1. The van der Waals surface area contributed by atoms with Crippen LogP contribution in [0.4, 0.5) is 0 Å². The fraction of sp³-hybridized carbons (Fsp3) is 0.304. The Balaban J connectivity index is 1.56. The van der Waals surface area contributed by atoms with Gasteiger partial charge in [-0.25, -0.2) is 4.68 Å². The van der Waals surface area contributed by atoms with Crippen LogP contribution in [0.2, 0.25) is 0 Å². The first-order chi connectivity index (χ1) is 14.1. The fourth-order valence-electron chi connectivity index (χ4n) is 4.07. The lowest BCUT2D eigenvalue weighted by molar-refractivity contribution is 0.0780. The number of rotatable bonds is 5. The summed E-state index contributed by atoms with van der Waals surface area (Å²) in [6, 6.07) is 17.9. The summed E-state index contributed by atoms with van der Waals surface area (Å²) in [6.07, 6.45) is 1.80. The normalized spacial score (nSPS) is 18.8. The van der Waals surface area contributed by atoms with Crippen molar-refractivity contribution in [2.45, 2.75) is 12.8 Å². The Bertz CT molecular complexity index is 999. The van der Waals surface area contributed by atoms with E-state index in [1.807, 2.05) is 48.2 Å². The van der Waals surface area contributed by atoms with E-state index < -0.39 is 0 Å². The van der Waals surface area contributed by atoms with Crippen molar-refractivity contribution in [3.63, 3.8) is 0 Å². The summed E-state index contributed by atoms with van der Waals surface area (Å²) in [6.45, 7) is 3.87. The molecule has 29 heavy (non-hydrogen) atoms. The second kappa shape index (κ2) is 8.09. The molecule has 1 aromatic heterocycles. The summed E-state index contributed by atoms with van der Waals surface area (Å²) in [4.78, 5) is 15.0. The van der Waals surface area contributed by atoms with Crippen molar-refractivity contribution in [2.24, 2.45) is 11.7 Å². The average molecular weight is 390 g/mol. The molecule has 2 heterocycles. The summed E-state index contributed by atoms with van der Waals surface area (Å²) in [5.41, 5.74) is 9.59. The Labute approximate surface area is 170 Å². The topological polar surface area (TPSA) is 73.4 Å². The van der Waals surface area contributed by atoms with Gasteiger partial charge in [0.05, 0.1) is 7.11 Å². The molecule has 1 fully saturated rings. The van der Waals surface area contributed by atoms with Crippen LogP contribution in [-0.2, 0) is 0 Å². The van der Waals surface area contributed by atoms with Gasteiger partial charge in [-0.2, -0.15) is 5.10 Å². The number of amides is 1. The Morgan fingerprint density at radius 2 is 1.97 bits per heavy atom. The van der Waals surface area contributed by atoms with Crippen LogP contribution >= 0.6 is 0 Å². The number of methoxy groups -OCH3 is 1. The van der Waals surface area contributed by atoms with Crippen LogP contribution in [-0.4, -0.2) is 47.3 Å². The third kappa shape index (κ3) is 3.76. The average Bonchev–Trinajstić information content (AvgIpc) is 3.41. The Morgan fingerprint density at radius 3 is 2.69 bits per heavy atom. The number of aromatic nitrogens is 2. The van der Waals surface area contributed by atoms with Crippen molar-refractivity contribution >= 4 is 5.91 Å². The van der Waals surface area contributed by atoms with Crippen molar-refractivity contribution in [3.8, 4) is 11.4 Å². The van der Waals surface area contributed by atoms with E-state index in [2.05, 4.69) is 17.2 Å². The molecule has 150 valence electrons. The predicted molar refractivity (Wildman–Crippen MR) is 112 cm³/mol. The third-order valence-corrected chi connectivity index (χ3v) is 5.65. The zero-order chi connectivity index (χ0) is 20.4. The minimum Gasteiger partial charge on any atom is -0.494 e. The largest absolute Gasteiger partial charge is 0.494 e.